The Morgan fingerprint density at radius 3 is 2.13 bits per heavy atom. The van der Waals surface area contributed by atoms with Gasteiger partial charge in [0.1, 0.15) is 23.9 Å². The summed E-state index contributed by atoms with van der Waals surface area (Å²) in [5, 5.41) is 0. The van der Waals surface area contributed by atoms with Gasteiger partial charge in [-0.2, -0.15) is 0 Å². The minimum Gasteiger partial charge on any atom is -0.492 e. The van der Waals surface area contributed by atoms with Crippen molar-refractivity contribution in [3.63, 3.8) is 0 Å². The summed E-state index contributed by atoms with van der Waals surface area (Å²) in [6.45, 7) is 3.91. The van der Waals surface area contributed by atoms with Crippen molar-refractivity contribution in [2.24, 2.45) is 0 Å². The number of hydrogen-bond acceptors (Lipinski definition) is 4. The molecule has 0 unspecified atom stereocenters. The summed E-state index contributed by atoms with van der Waals surface area (Å²) in [6, 6.07) is 11.4. The lowest BCUT2D eigenvalue weighted by molar-refractivity contribution is -0.274. The van der Waals surface area contributed by atoms with Gasteiger partial charge in [0.05, 0.1) is 0 Å². The molecule has 5 nitrogen and oxygen atoms in total. The lowest BCUT2D eigenvalue weighted by Crippen LogP contribution is -2.49. The van der Waals surface area contributed by atoms with Gasteiger partial charge in [-0.1, -0.05) is 12.1 Å². The van der Waals surface area contributed by atoms with Gasteiger partial charge in [0.15, 0.2) is 0 Å². The normalized spacial score (nSPS) is 15.0. The number of carbonyl (C=O) groups is 1. The Morgan fingerprint density at radius 2 is 1.52 bits per heavy atom. The molecule has 1 saturated heterocycles. The maximum Gasteiger partial charge on any atom is 0.573 e. The number of piperazine rings is 1. The molecular formula is C22H24F4N2O3. The van der Waals surface area contributed by atoms with Gasteiger partial charge in [0, 0.05) is 39.1 Å². The van der Waals surface area contributed by atoms with Crippen LogP contribution in [0.5, 0.6) is 11.5 Å². The minimum atomic E-state index is -4.72. The van der Waals surface area contributed by atoms with Crippen molar-refractivity contribution in [3.05, 3.63) is 59.9 Å². The first kappa shape index (κ1) is 22.9. The SMILES string of the molecule is O=C(CCc1ccc(OC(F)(F)F)cc1)N1CCN(CCOc2ccc(F)cc2)CC1. The van der Waals surface area contributed by atoms with Gasteiger partial charge in [0.25, 0.3) is 0 Å². The number of amides is 1. The molecule has 3 rings (SSSR count). The molecule has 9 heteroatoms. The predicted molar refractivity (Wildman–Crippen MR) is 106 cm³/mol. The highest BCUT2D eigenvalue weighted by Gasteiger charge is 2.31. The molecule has 1 heterocycles. The van der Waals surface area contributed by atoms with E-state index < -0.39 is 6.36 Å². The van der Waals surface area contributed by atoms with E-state index in [-0.39, 0.29) is 17.5 Å². The molecule has 0 aromatic heterocycles. The molecule has 1 amide bonds. The molecule has 168 valence electrons. The molecule has 1 aliphatic heterocycles. The van der Waals surface area contributed by atoms with E-state index in [1.165, 1.54) is 36.4 Å². The molecule has 0 spiro atoms. The second-order valence-corrected chi connectivity index (χ2v) is 7.22. The largest absolute Gasteiger partial charge is 0.573 e. The predicted octanol–water partition coefficient (Wildman–Crippen LogP) is 3.88. The number of ether oxygens (including phenoxy) is 2. The van der Waals surface area contributed by atoms with E-state index in [4.69, 9.17) is 4.74 Å². The highest BCUT2D eigenvalue weighted by atomic mass is 19.4. The number of aryl methyl sites for hydroxylation is 1. The van der Waals surface area contributed by atoms with Crippen LogP contribution >= 0.6 is 0 Å². The van der Waals surface area contributed by atoms with Crippen LogP contribution in [0.15, 0.2) is 48.5 Å². The molecule has 0 bridgehead atoms. The lowest BCUT2D eigenvalue weighted by Gasteiger charge is -2.34. The molecule has 2 aromatic rings. The first-order valence-corrected chi connectivity index (χ1v) is 10.0. The zero-order valence-electron chi connectivity index (χ0n) is 16.9. The van der Waals surface area contributed by atoms with Gasteiger partial charge in [-0.3, -0.25) is 9.69 Å². The Balaban J connectivity index is 1.34. The van der Waals surface area contributed by atoms with Gasteiger partial charge >= 0.3 is 6.36 Å². The monoisotopic (exact) mass is 440 g/mol. The van der Waals surface area contributed by atoms with Crippen LogP contribution in [0.4, 0.5) is 17.6 Å². The van der Waals surface area contributed by atoms with Crippen LogP contribution in [0.3, 0.4) is 0 Å². The van der Waals surface area contributed by atoms with Gasteiger partial charge in [-0.05, 0) is 48.4 Å². The topological polar surface area (TPSA) is 42.0 Å². The Kier molecular flexibility index (Phi) is 7.73. The van der Waals surface area contributed by atoms with Gasteiger partial charge in [-0.25, -0.2) is 4.39 Å². The fraction of sp³-hybridized carbons (Fsp3) is 0.409. The van der Waals surface area contributed by atoms with Gasteiger partial charge in [-0.15, -0.1) is 13.2 Å². The Bertz CT molecular complexity index is 833. The zero-order valence-corrected chi connectivity index (χ0v) is 16.9. The quantitative estimate of drug-likeness (QED) is 0.585. The minimum absolute atomic E-state index is 0.0258. The van der Waals surface area contributed by atoms with Crippen LogP contribution in [0.25, 0.3) is 0 Å². The summed E-state index contributed by atoms with van der Waals surface area (Å²) in [6.07, 6.45) is -3.96. The summed E-state index contributed by atoms with van der Waals surface area (Å²) in [4.78, 5) is 16.4. The van der Waals surface area contributed by atoms with Crippen molar-refractivity contribution >= 4 is 5.91 Å². The number of nitrogens with zero attached hydrogens (tertiary/aromatic N) is 2. The average Bonchev–Trinajstić information content (AvgIpc) is 2.74. The van der Waals surface area contributed by atoms with E-state index in [0.29, 0.717) is 44.8 Å². The maximum absolute atomic E-state index is 12.9. The fourth-order valence-corrected chi connectivity index (χ4v) is 3.31. The van der Waals surface area contributed by atoms with Gasteiger partial charge < -0.3 is 14.4 Å². The van der Waals surface area contributed by atoms with E-state index in [1.807, 2.05) is 0 Å². The molecule has 31 heavy (non-hydrogen) atoms. The molecule has 1 fully saturated rings. The first-order valence-electron chi connectivity index (χ1n) is 10.0. The number of benzene rings is 2. The van der Waals surface area contributed by atoms with Crippen molar-refractivity contribution in [3.8, 4) is 11.5 Å². The van der Waals surface area contributed by atoms with E-state index in [2.05, 4.69) is 9.64 Å². The van der Waals surface area contributed by atoms with E-state index in [9.17, 15) is 22.4 Å². The third kappa shape index (κ3) is 7.75. The third-order valence-electron chi connectivity index (χ3n) is 5.00. The van der Waals surface area contributed by atoms with Crippen LogP contribution in [0, 0.1) is 5.82 Å². The molecule has 0 aliphatic carbocycles. The van der Waals surface area contributed by atoms with E-state index in [0.717, 1.165) is 18.7 Å². The molecule has 0 saturated carbocycles. The zero-order chi connectivity index (χ0) is 22.3. The smallest absolute Gasteiger partial charge is 0.492 e. The average molecular weight is 440 g/mol. The fourth-order valence-electron chi connectivity index (χ4n) is 3.31. The van der Waals surface area contributed by atoms with E-state index >= 15 is 0 Å². The van der Waals surface area contributed by atoms with Crippen LogP contribution in [-0.4, -0.2) is 61.4 Å². The summed E-state index contributed by atoms with van der Waals surface area (Å²) in [5.41, 5.74) is 0.777. The Hall–Kier alpha value is -2.81. The lowest BCUT2D eigenvalue weighted by atomic mass is 10.1. The maximum atomic E-state index is 12.9. The second-order valence-electron chi connectivity index (χ2n) is 7.22. The third-order valence-corrected chi connectivity index (χ3v) is 5.00. The number of hydrogen-bond donors (Lipinski definition) is 0. The number of halogens is 4. The molecule has 0 atom stereocenters. The first-order chi connectivity index (χ1) is 14.8. The Labute approximate surface area is 178 Å². The highest BCUT2D eigenvalue weighted by Crippen LogP contribution is 2.23. The van der Waals surface area contributed by atoms with Crippen LogP contribution < -0.4 is 9.47 Å². The number of rotatable bonds is 8. The summed E-state index contributed by atoms with van der Waals surface area (Å²) in [7, 11) is 0. The van der Waals surface area contributed by atoms with E-state index in [1.54, 1.807) is 17.0 Å². The second kappa shape index (κ2) is 10.5. The van der Waals surface area contributed by atoms with Crippen molar-refractivity contribution < 1.29 is 31.8 Å². The van der Waals surface area contributed by atoms with Crippen molar-refractivity contribution in [2.75, 3.05) is 39.3 Å². The van der Waals surface area contributed by atoms with Crippen molar-refractivity contribution in [1.29, 1.82) is 0 Å². The van der Waals surface area contributed by atoms with Crippen LogP contribution in [0.1, 0.15) is 12.0 Å². The summed E-state index contributed by atoms with van der Waals surface area (Å²) < 4.78 is 58.9. The van der Waals surface area contributed by atoms with Gasteiger partial charge in [0.2, 0.25) is 5.91 Å². The molecule has 2 aromatic carbocycles. The van der Waals surface area contributed by atoms with Crippen molar-refractivity contribution in [2.45, 2.75) is 19.2 Å². The molecule has 1 aliphatic rings. The molecule has 0 N–H and O–H groups in total. The van der Waals surface area contributed by atoms with Crippen molar-refractivity contribution in [1.82, 2.24) is 9.80 Å². The number of carbonyl (C=O) groups excluding carboxylic acids is 1. The van der Waals surface area contributed by atoms with Crippen LogP contribution in [0.2, 0.25) is 0 Å². The van der Waals surface area contributed by atoms with Crippen LogP contribution in [-0.2, 0) is 11.2 Å². The number of alkyl halides is 3. The summed E-state index contributed by atoms with van der Waals surface area (Å²) >= 11 is 0. The Morgan fingerprint density at radius 1 is 0.903 bits per heavy atom. The highest BCUT2D eigenvalue weighted by molar-refractivity contribution is 5.76. The summed E-state index contributed by atoms with van der Waals surface area (Å²) in [5.74, 6) is 0.0637. The molecular weight excluding hydrogens is 416 g/mol. The standard InChI is InChI=1S/C22H24F4N2O3/c23-18-4-8-19(9-5-18)30-16-15-27-11-13-28(14-12-27)21(29)10-3-17-1-6-20(7-2-17)31-22(24,25)26/h1-2,4-9H,3,10-16H2. The molecule has 0 radical (unpaired) electrons.